The van der Waals surface area contributed by atoms with Crippen molar-refractivity contribution in [1.82, 2.24) is 9.88 Å². The van der Waals surface area contributed by atoms with Crippen molar-refractivity contribution in [2.45, 2.75) is 25.2 Å². The third kappa shape index (κ3) is 3.85. The van der Waals surface area contributed by atoms with Crippen LogP contribution in [0.2, 0.25) is 0 Å². The van der Waals surface area contributed by atoms with Gasteiger partial charge < -0.3 is 23.8 Å². The number of carbonyl (C=O) groups is 1. The van der Waals surface area contributed by atoms with E-state index in [4.69, 9.17) is 13.9 Å². The second-order valence-corrected chi connectivity index (χ2v) is 7.26. The molecule has 1 aliphatic rings. The van der Waals surface area contributed by atoms with Gasteiger partial charge in [0.15, 0.2) is 11.5 Å². The van der Waals surface area contributed by atoms with Gasteiger partial charge in [0, 0.05) is 42.4 Å². The van der Waals surface area contributed by atoms with Crippen molar-refractivity contribution in [2.24, 2.45) is 0 Å². The summed E-state index contributed by atoms with van der Waals surface area (Å²) in [4.78, 5) is 29.8. The van der Waals surface area contributed by atoms with Gasteiger partial charge in [-0.05, 0) is 37.1 Å². The molecule has 1 aliphatic heterocycles. The van der Waals surface area contributed by atoms with E-state index >= 15 is 0 Å². The molecule has 0 radical (unpaired) electrons. The van der Waals surface area contributed by atoms with Gasteiger partial charge in [-0.15, -0.1) is 0 Å². The van der Waals surface area contributed by atoms with Crippen molar-refractivity contribution < 1.29 is 18.7 Å². The normalized spacial score (nSPS) is 16.3. The number of aromatic amines is 1. The number of benzene rings is 1. The van der Waals surface area contributed by atoms with Crippen molar-refractivity contribution in [1.29, 1.82) is 0 Å². The van der Waals surface area contributed by atoms with Gasteiger partial charge in [-0.3, -0.25) is 9.59 Å². The van der Waals surface area contributed by atoms with Crippen LogP contribution in [0.25, 0.3) is 10.9 Å². The fourth-order valence-corrected chi connectivity index (χ4v) is 3.91. The average molecular weight is 396 g/mol. The van der Waals surface area contributed by atoms with Crippen LogP contribution in [0.5, 0.6) is 11.5 Å². The van der Waals surface area contributed by atoms with Crippen LogP contribution in [0, 0.1) is 0 Å². The molecule has 1 aromatic carbocycles. The maximum atomic E-state index is 12.6. The number of hydrogen-bond donors (Lipinski definition) is 1. The average Bonchev–Trinajstić information content (AvgIpc) is 3.42. The van der Waals surface area contributed by atoms with Crippen LogP contribution in [0.3, 0.4) is 0 Å². The number of fused-ring (bicyclic) bond motifs is 1. The van der Waals surface area contributed by atoms with E-state index < -0.39 is 0 Å². The Bertz CT molecular complexity index is 1070. The Morgan fingerprint density at radius 3 is 2.76 bits per heavy atom. The first-order valence-electron chi connectivity index (χ1n) is 9.68. The van der Waals surface area contributed by atoms with Crippen molar-refractivity contribution in [3.05, 3.63) is 58.3 Å². The number of methoxy groups -OCH3 is 2. The zero-order valence-corrected chi connectivity index (χ0v) is 16.6. The minimum Gasteiger partial charge on any atom is -0.493 e. The lowest BCUT2D eigenvalue weighted by Crippen LogP contribution is -2.29. The molecule has 1 amide bonds. The van der Waals surface area contributed by atoms with E-state index in [0.29, 0.717) is 42.0 Å². The molecule has 2 aromatic heterocycles. The molecular formula is C22H24N2O5. The maximum Gasteiger partial charge on any atom is 0.251 e. The van der Waals surface area contributed by atoms with Crippen molar-refractivity contribution in [3.63, 3.8) is 0 Å². The standard InChI is InChI=1S/C22H24N2O5/c1-27-19-11-16-10-14(22(26)23-17(16)12-20(19)28-2)5-6-21(25)24-8-7-15(13-24)18-4-3-9-29-18/h3-4,9-12,15H,5-8,13H2,1-2H3,(H,23,26). The molecule has 152 valence electrons. The number of ether oxygens (including phenoxy) is 2. The second kappa shape index (κ2) is 8.03. The van der Waals surface area contributed by atoms with E-state index in [1.165, 1.54) is 0 Å². The third-order valence-electron chi connectivity index (χ3n) is 5.52. The smallest absolute Gasteiger partial charge is 0.251 e. The Morgan fingerprint density at radius 1 is 1.24 bits per heavy atom. The number of hydrogen-bond acceptors (Lipinski definition) is 5. The number of rotatable bonds is 6. The van der Waals surface area contributed by atoms with Gasteiger partial charge in [-0.25, -0.2) is 0 Å². The lowest BCUT2D eigenvalue weighted by atomic mass is 10.1. The number of nitrogens with one attached hydrogen (secondary N) is 1. The highest BCUT2D eigenvalue weighted by Crippen LogP contribution is 2.31. The number of aromatic nitrogens is 1. The minimum atomic E-state index is -0.188. The number of amides is 1. The van der Waals surface area contributed by atoms with Crippen molar-refractivity contribution in [3.8, 4) is 11.5 Å². The molecule has 4 rings (SSSR count). The van der Waals surface area contributed by atoms with Crippen LogP contribution in [0.1, 0.15) is 30.1 Å². The van der Waals surface area contributed by atoms with Crippen LogP contribution in [0.15, 0.2) is 45.8 Å². The maximum absolute atomic E-state index is 12.6. The molecule has 0 saturated carbocycles. The van der Waals surface area contributed by atoms with E-state index in [1.807, 2.05) is 29.2 Å². The van der Waals surface area contributed by atoms with Gasteiger partial charge in [0.1, 0.15) is 5.76 Å². The first kappa shape index (κ1) is 19.1. The zero-order valence-electron chi connectivity index (χ0n) is 16.6. The lowest BCUT2D eigenvalue weighted by molar-refractivity contribution is -0.130. The van der Waals surface area contributed by atoms with Crippen LogP contribution in [0.4, 0.5) is 0 Å². The summed E-state index contributed by atoms with van der Waals surface area (Å²) in [6, 6.07) is 9.21. The molecule has 0 bridgehead atoms. The first-order valence-corrected chi connectivity index (χ1v) is 9.68. The number of H-pyrrole nitrogens is 1. The topological polar surface area (TPSA) is 84.8 Å². The van der Waals surface area contributed by atoms with Gasteiger partial charge in [-0.2, -0.15) is 0 Å². The van der Waals surface area contributed by atoms with Crippen LogP contribution < -0.4 is 15.0 Å². The molecule has 1 N–H and O–H groups in total. The van der Waals surface area contributed by atoms with E-state index in [1.54, 1.807) is 26.5 Å². The second-order valence-electron chi connectivity index (χ2n) is 7.26. The number of likely N-dealkylation sites (tertiary alicyclic amines) is 1. The predicted molar refractivity (Wildman–Crippen MR) is 109 cm³/mol. The largest absolute Gasteiger partial charge is 0.493 e. The van der Waals surface area contributed by atoms with Crippen LogP contribution >= 0.6 is 0 Å². The van der Waals surface area contributed by atoms with E-state index in [2.05, 4.69) is 4.98 Å². The van der Waals surface area contributed by atoms with E-state index in [9.17, 15) is 9.59 Å². The Morgan fingerprint density at radius 2 is 2.03 bits per heavy atom. The van der Waals surface area contributed by atoms with Gasteiger partial charge in [-0.1, -0.05) is 0 Å². The molecule has 1 fully saturated rings. The number of nitrogens with zero attached hydrogens (tertiary/aromatic N) is 1. The Kier molecular flexibility index (Phi) is 5.29. The number of carbonyl (C=O) groups excluding carboxylic acids is 1. The summed E-state index contributed by atoms with van der Waals surface area (Å²) in [5.41, 5.74) is 1.07. The number of pyridine rings is 1. The highest BCUT2D eigenvalue weighted by molar-refractivity contribution is 5.83. The quantitative estimate of drug-likeness (QED) is 0.692. The Labute approximate surface area is 168 Å². The van der Waals surface area contributed by atoms with Gasteiger partial charge in [0.25, 0.3) is 5.56 Å². The summed E-state index contributed by atoms with van der Waals surface area (Å²) in [5.74, 6) is 2.39. The zero-order chi connectivity index (χ0) is 20.4. The molecular weight excluding hydrogens is 372 g/mol. The molecule has 0 spiro atoms. The summed E-state index contributed by atoms with van der Waals surface area (Å²) in [6.45, 7) is 1.38. The Balaban J connectivity index is 1.46. The van der Waals surface area contributed by atoms with Crippen molar-refractivity contribution in [2.75, 3.05) is 27.3 Å². The fourth-order valence-electron chi connectivity index (χ4n) is 3.91. The summed E-state index contributed by atoms with van der Waals surface area (Å²) < 4.78 is 16.1. The third-order valence-corrected chi connectivity index (χ3v) is 5.52. The summed E-state index contributed by atoms with van der Waals surface area (Å²) in [6.07, 6.45) is 3.25. The highest BCUT2D eigenvalue weighted by atomic mass is 16.5. The minimum absolute atomic E-state index is 0.0610. The molecule has 1 saturated heterocycles. The van der Waals surface area contributed by atoms with Gasteiger partial charge in [0.2, 0.25) is 5.91 Å². The highest BCUT2D eigenvalue weighted by Gasteiger charge is 2.28. The summed E-state index contributed by atoms with van der Waals surface area (Å²) in [7, 11) is 3.12. The SMILES string of the molecule is COc1cc2cc(CCC(=O)N3CCC(c4ccco4)C3)c(=O)[nH]c2cc1OC. The summed E-state index contributed by atoms with van der Waals surface area (Å²) in [5, 5.41) is 0.837. The molecule has 7 nitrogen and oxygen atoms in total. The van der Waals surface area contributed by atoms with Crippen molar-refractivity contribution >= 4 is 16.8 Å². The van der Waals surface area contributed by atoms with Crippen LogP contribution in [-0.2, 0) is 11.2 Å². The molecule has 3 aromatic rings. The van der Waals surface area contributed by atoms with Gasteiger partial charge >= 0.3 is 0 Å². The van der Waals surface area contributed by atoms with E-state index in [0.717, 1.165) is 24.1 Å². The fraction of sp³-hybridized carbons (Fsp3) is 0.364. The number of aryl methyl sites for hydroxylation is 1. The number of furan rings is 1. The van der Waals surface area contributed by atoms with Gasteiger partial charge in [0.05, 0.1) is 26.0 Å². The summed E-state index contributed by atoms with van der Waals surface area (Å²) >= 11 is 0. The lowest BCUT2D eigenvalue weighted by Gasteiger charge is -2.16. The molecule has 3 heterocycles. The molecule has 0 aliphatic carbocycles. The molecule has 1 atom stereocenters. The predicted octanol–water partition coefficient (Wildman–Crippen LogP) is 3.09. The first-order chi connectivity index (χ1) is 14.1. The molecule has 29 heavy (non-hydrogen) atoms. The van der Waals surface area contributed by atoms with Crippen LogP contribution in [-0.4, -0.2) is 43.1 Å². The molecule has 7 heteroatoms. The van der Waals surface area contributed by atoms with E-state index in [-0.39, 0.29) is 17.4 Å². The monoisotopic (exact) mass is 396 g/mol. The Hall–Kier alpha value is -3.22. The molecule has 1 unspecified atom stereocenters.